The summed E-state index contributed by atoms with van der Waals surface area (Å²) in [5, 5.41) is 18.9. The molecule has 1 aromatic heterocycles. The van der Waals surface area contributed by atoms with E-state index in [4.69, 9.17) is 5.26 Å². The first-order valence-electron chi connectivity index (χ1n) is 3.60. The van der Waals surface area contributed by atoms with Gasteiger partial charge in [-0.3, -0.25) is 15.3 Å². The Morgan fingerprint density at radius 1 is 1.75 bits per heavy atom. The maximum atomic E-state index is 9.30. The molecule has 0 radical (unpaired) electrons. The van der Waals surface area contributed by atoms with Crippen molar-refractivity contribution in [1.82, 2.24) is 4.98 Å². The van der Waals surface area contributed by atoms with E-state index in [1.54, 1.807) is 13.0 Å². The van der Waals surface area contributed by atoms with Gasteiger partial charge in [-0.25, -0.2) is 0 Å². The predicted molar refractivity (Wildman–Crippen MR) is 43.8 cm³/mol. The van der Waals surface area contributed by atoms with Gasteiger partial charge >= 0.3 is 0 Å². The number of nitrogens with zero attached hydrogens (tertiary/aromatic N) is 3. The van der Waals surface area contributed by atoms with Crippen LogP contribution in [0.1, 0.15) is 12.5 Å². The number of anilines is 1. The second-order valence-electron chi connectivity index (χ2n) is 2.22. The molecule has 0 bridgehead atoms. The Morgan fingerprint density at radius 3 is 3.08 bits per heavy atom. The number of aromatic nitrogens is 1. The number of rotatable bonds is 2. The fraction of sp³-hybridized carbons (Fsp3) is 0.250. The van der Waals surface area contributed by atoms with Gasteiger partial charge in [0.15, 0.2) is 0 Å². The van der Waals surface area contributed by atoms with Gasteiger partial charge in [0.1, 0.15) is 6.07 Å². The van der Waals surface area contributed by atoms with Crippen LogP contribution in [0.4, 0.5) is 5.69 Å². The third-order valence-electron chi connectivity index (χ3n) is 1.50. The Bertz CT molecular complexity index is 305. The second-order valence-corrected chi connectivity index (χ2v) is 2.22. The molecule has 0 aromatic carbocycles. The minimum Gasteiger partial charge on any atom is -0.288 e. The van der Waals surface area contributed by atoms with Crippen LogP contribution in [0.25, 0.3) is 0 Å². The summed E-state index contributed by atoms with van der Waals surface area (Å²) < 4.78 is 0. The van der Waals surface area contributed by atoms with Crippen LogP contribution in [0.15, 0.2) is 18.5 Å². The summed E-state index contributed by atoms with van der Waals surface area (Å²) in [5.41, 5.74) is 0.872. The van der Waals surface area contributed by atoms with E-state index in [2.05, 4.69) is 4.98 Å². The lowest BCUT2D eigenvalue weighted by molar-refractivity contribution is 0.260. The monoisotopic (exact) mass is 163 g/mol. The summed E-state index contributed by atoms with van der Waals surface area (Å²) in [6.45, 7) is 2.24. The van der Waals surface area contributed by atoms with Crippen molar-refractivity contribution in [2.45, 2.75) is 6.92 Å². The molecule has 1 heterocycles. The lowest BCUT2D eigenvalue weighted by Crippen LogP contribution is -2.17. The predicted octanol–water partition coefficient (Wildman–Crippen LogP) is 1.17. The third-order valence-corrected chi connectivity index (χ3v) is 1.50. The molecule has 0 atom stereocenters. The zero-order valence-corrected chi connectivity index (χ0v) is 6.73. The van der Waals surface area contributed by atoms with Crippen LogP contribution in [-0.2, 0) is 0 Å². The van der Waals surface area contributed by atoms with Crippen LogP contribution in [0, 0.1) is 11.3 Å². The summed E-state index contributed by atoms with van der Waals surface area (Å²) in [6.07, 6.45) is 2.96. The van der Waals surface area contributed by atoms with Gasteiger partial charge in [0.05, 0.1) is 11.3 Å². The first-order valence-corrected chi connectivity index (χ1v) is 3.60. The van der Waals surface area contributed by atoms with Crippen LogP contribution in [0.3, 0.4) is 0 Å². The van der Waals surface area contributed by atoms with Gasteiger partial charge in [0, 0.05) is 18.9 Å². The summed E-state index contributed by atoms with van der Waals surface area (Å²) in [4.78, 5) is 3.77. The Balaban J connectivity index is 3.07. The van der Waals surface area contributed by atoms with Gasteiger partial charge in [-0.1, -0.05) is 0 Å². The molecule has 0 amide bonds. The smallest absolute Gasteiger partial charge is 0.103 e. The van der Waals surface area contributed by atoms with E-state index in [-0.39, 0.29) is 0 Å². The normalized spacial score (nSPS) is 9.08. The summed E-state index contributed by atoms with van der Waals surface area (Å²) in [7, 11) is 0. The average Bonchev–Trinajstić information content (AvgIpc) is 2.16. The van der Waals surface area contributed by atoms with E-state index < -0.39 is 0 Å². The van der Waals surface area contributed by atoms with Crippen molar-refractivity contribution in [3.63, 3.8) is 0 Å². The third kappa shape index (κ3) is 1.52. The first-order chi connectivity index (χ1) is 5.79. The summed E-state index contributed by atoms with van der Waals surface area (Å²) >= 11 is 0. The highest BCUT2D eigenvalue weighted by Gasteiger charge is 2.05. The van der Waals surface area contributed by atoms with Crippen LogP contribution in [-0.4, -0.2) is 16.7 Å². The molecule has 0 fully saturated rings. The van der Waals surface area contributed by atoms with Gasteiger partial charge in [-0.2, -0.15) is 5.26 Å². The molecule has 0 saturated carbocycles. The lowest BCUT2D eigenvalue weighted by atomic mass is 10.2. The van der Waals surface area contributed by atoms with Crippen molar-refractivity contribution in [3.8, 4) is 6.07 Å². The molecule has 1 rings (SSSR count). The number of hydroxylamine groups is 1. The molecule has 4 nitrogen and oxygen atoms in total. The van der Waals surface area contributed by atoms with Crippen molar-refractivity contribution in [2.75, 3.05) is 11.6 Å². The highest BCUT2D eigenvalue weighted by molar-refractivity contribution is 5.55. The van der Waals surface area contributed by atoms with Gasteiger partial charge in [0.25, 0.3) is 0 Å². The lowest BCUT2D eigenvalue weighted by Gasteiger charge is -2.14. The first kappa shape index (κ1) is 8.50. The van der Waals surface area contributed by atoms with Gasteiger partial charge in [0.2, 0.25) is 0 Å². The molecule has 1 aromatic rings. The van der Waals surface area contributed by atoms with Crippen molar-refractivity contribution >= 4 is 5.69 Å². The van der Waals surface area contributed by atoms with E-state index >= 15 is 0 Å². The minimum absolute atomic E-state index is 0.377. The Morgan fingerprint density at radius 2 is 2.50 bits per heavy atom. The standard InChI is InChI=1S/C8H9N3O/c1-2-11(12)8-3-4-10-6-7(8)5-9/h3-4,6,12H,2H2,1H3. The van der Waals surface area contributed by atoms with E-state index in [1.807, 2.05) is 6.07 Å². The maximum Gasteiger partial charge on any atom is 0.103 e. The Hall–Kier alpha value is -1.60. The van der Waals surface area contributed by atoms with Gasteiger partial charge in [-0.05, 0) is 13.0 Å². The van der Waals surface area contributed by atoms with Gasteiger partial charge in [-0.15, -0.1) is 0 Å². The maximum absolute atomic E-state index is 9.30. The summed E-state index contributed by atoms with van der Waals surface area (Å²) in [6, 6.07) is 3.55. The SMILES string of the molecule is CCN(O)c1ccncc1C#N. The number of pyridine rings is 1. The van der Waals surface area contributed by atoms with Crippen LogP contribution in [0.5, 0.6) is 0 Å². The molecule has 0 aliphatic carbocycles. The highest BCUT2D eigenvalue weighted by Crippen LogP contribution is 2.15. The minimum atomic E-state index is 0.377. The van der Waals surface area contributed by atoms with Crippen LogP contribution < -0.4 is 5.06 Å². The van der Waals surface area contributed by atoms with Crippen molar-refractivity contribution in [3.05, 3.63) is 24.0 Å². The molecule has 0 unspecified atom stereocenters. The fourth-order valence-electron chi connectivity index (χ4n) is 0.869. The number of nitriles is 1. The van der Waals surface area contributed by atoms with Crippen LogP contribution in [0.2, 0.25) is 0 Å². The second kappa shape index (κ2) is 3.69. The largest absolute Gasteiger partial charge is 0.288 e. The fourth-order valence-corrected chi connectivity index (χ4v) is 0.869. The van der Waals surface area contributed by atoms with E-state index in [0.717, 1.165) is 5.06 Å². The van der Waals surface area contributed by atoms with Crippen molar-refractivity contribution in [2.24, 2.45) is 0 Å². The molecule has 12 heavy (non-hydrogen) atoms. The van der Waals surface area contributed by atoms with Gasteiger partial charge < -0.3 is 0 Å². The molecular formula is C8H9N3O. The number of hydrogen-bond donors (Lipinski definition) is 1. The topological polar surface area (TPSA) is 60.1 Å². The van der Waals surface area contributed by atoms with E-state index in [0.29, 0.717) is 17.8 Å². The van der Waals surface area contributed by atoms with Crippen LogP contribution >= 0.6 is 0 Å². The zero-order valence-electron chi connectivity index (χ0n) is 6.73. The Labute approximate surface area is 70.6 Å². The molecule has 0 saturated heterocycles. The quantitative estimate of drug-likeness (QED) is 0.665. The Kier molecular flexibility index (Phi) is 2.62. The molecule has 62 valence electrons. The molecular weight excluding hydrogens is 154 g/mol. The van der Waals surface area contributed by atoms with E-state index in [1.165, 1.54) is 12.4 Å². The highest BCUT2D eigenvalue weighted by atomic mass is 16.5. The zero-order chi connectivity index (χ0) is 8.97. The average molecular weight is 163 g/mol. The molecule has 1 N–H and O–H groups in total. The summed E-state index contributed by atoms with van der Waals surface area (Å²) in [5.74, 6) is 0. The van der Waals surface area contributed by atoms with E-state index in [9.17, 15) is 5.21 Å². The number of hydrogen-bond acceptors (Lipinski definition) is 4. The molecule has 0 aliphatic heterocycles. The van der Waals surface area contributed by atoms with Crippen molar-refractivity contribution < 1.29 is 5.21 Å². The molecule has 0 aliphatic rings. The van der Waals surface area contributed by atoms with Crippen molar-refractivity contribution in [1.29, 1.82) is 5.26 Å². The molecule has 0 spiro atoms. The molecule has 4 heteroatoms.